The van der Waals surface area contributed by atoms with Crippen LogP contribution in [-0.2, 0) is 6.54 Å². The highest BCUT2D eigenvalue weighted by Gasteiger charge is 2.30. The molecule has 1 aliphatic carbocycles. The van der Waals surface area contributed by atoms with E-state index in [1.54, 1.807) is 24.5 Å². The van der Waals surface area contributed by atoms with Crippen LogP contribution < -0.4 is 5.76 Å². The van der Waals surface area contributed by atoms with Crippen LogP contribution >= 0.6 is 11.8 Å². The molecule has 0 bridgehead atoms. The molecule has 9 heteroatoms. The molecule has 0 saturated heterocycles. The first-order valence-corrected chi connectivity index (χ1v) is 9.90. The molecule has 1 N–H and O–H groups in total. The minimum Gasteiger partial charge on any atom is -0.467 e. The number of aromatic amines is 1. The minimum atomic E-state index is -0.535. The van der Waals surface area contributed by atoms with E-state index in [4.69, 9.17) is 8.83 Å². The molecule has 5 rings (SSSR count). The monoisotopic (exact) mass is 396 g/mol. The van der Waals surface area contributed by atoms with Crippen molar-refractivity contribution in [1.29, 1.82) is 0 Å². The smallest absolute Gasteiger partial charge is 0.417 e. The van der Waals surface area contributed by atoms with E-state index >= 15 is 0 Å². The first-order valence-electron chi connectivity index (χ1n) is 8.92. The zero-order chi connectivity index (χ0) is 19.1. The third kappa shape index (κ3) is 3.29. The number of carbonyl (C=O) groups is 1. The Morgan fingerprint density at radius 3 is 2.96 bits per heavy atom. The number of oxazole rings is 1. The first kappa shape index (κ1) is 17.1. The van der Waals surface area contributed by atoms with Crippen LogP contribution in [0.2, 0.25) is 0 Å². The lowest BCUT2D eigenvalue weighted by Crippen LogP contribution is -2.07. The minimum absolute atomic E-state index is 0.0729. The number of nitrogens with one attached hydrogen (secondary N) is 1. The largest absolute Gasteiger partial charge is 0.467 e. The van der Waals surface area contributed by atoms with Crippen molar-refractivity contribution >= 4 is 28.6 Å². The number of rotatable bonds is 7. The van der Waals surface area contributed by atoms with Gasteiger partial charge in [-0.05, 0) is 43.2 Å². The van der Waals surface area contributed by atoms with Crippen molar-refractivity contribution in [1.82, 2.24) is 19.7 Å². The van der Waals surface area contributed by atoms with Crippen LogP contribution in [0.4, 0.5) is 0 Å². The second-order valence-electron chi connectivity index (χ2n) is 6.72. The lowest BCUT2D eigenvalue weighted by Gasteiger charge is -2.08. The summed E-state index contributed by atoms with van der Waals surface area (Å²) in [6, 6.07) is 8.69. The van der Waals surface area contributed by atoms with E-state index in [-0.39, 0.29) is 11.5 Å². The fourth-order valence-corrected chi connectivity index (χ4v) is 3.93. The molecule has 1 aromatic carbocycles. The van der Waals surface area contributed by atoms with Gasteiger partial charge in [0.05, 0.1) is 24.1 Å². The molecule has 0 amide bonds. The highest BCUT2D eigenvalue weighted by atomic mass is 32.2. The third-order valence-corrected chi connectivity index (χ3v) is 5.62. The lowest BCUT2D eigenvalue weighted by atomic mass is 10.1. The Bertz CT molecular complexity index is 1200. The van der Waals surface area contributed by atoms with E-state index in [9.17, 15) is 9.59 Å². The van der Waals surface area contributed by atoms with Gasteiger partial charge in [0, 0.05) is 11.5 Å². The lowest BCUT2D eigenvalue weighted by molar-refractivity contribution is 0.102. The molecule has 1 fully saturated rings. The summed E-state index contributed by atoms with van der Waals surface area (Å²) in [7, 11) is 0. The van der Waals surface area contributed by atoms with Crippen molar-refractivity contribution in [2.24, 2.45) is 0 Å². The molecule has 0 aliphatic heterocycles. The number of hydrogen-bond acceptors (Lipinski definition) is 7. The summed E-state index contributed by atoms with van der Waals surface area (Å²) in [6.45, 7) is 0.544. The Balaban J connectivity index is 1.35. The maximum absolute atomic E-state index is 12.6. The van der Waals surface area contributed by atoms with Gasteiger partial charge >= 0.3 is 5.76 Å². The number of H-pyrrole nitrogens is 1. The van der Waals surface area contributed by atoms with Gasteiger partial charge in [0.15, 0.2) is 16.5 Å². The second kappa shape index (κ2) is 6.83. The van der Waals surface area contributed by atoms with E-state index in [1.165, 1.54) is 11.8 Å². The normalized spacial score (nSPS) is 14.0. The Labute approximate surface area is 162 Å². The molecule has 0 radical (unpaired) electrons. The zero-order valence-corrected chi connectivity index (χ0v) is 15.6. The molecule has 4 aromatic rings. The number of Topliss-reactive ketones (excluding diaryl/α,β-unsaturated/α-hetero) is 1. The van der Waals surface area contributed by atoms with Crippen molar-refractivity contribution in [3.8, 4) is 0 Å². The van der Waals surface area contributed by atoms with Crippen LogP contribution in [0.3, 0.4) is 0 Å². The van der Waals surface area contributed by atoms with Crippen molar-refractivity contribution < 1.29 is 13.6 Å². The van der Waals surface area contributed by atoms with Gasteiger partial charge in [0.1, 0.15) is 11.6 Å². The first-order chi connectivity index (χ1) is 13.7. The van der Waals surface area contributed by atoms with Gasteiger partial charge in [0.25, 0.3) is 0 Å². The van der Waals surface area contributed by atoms with Gasteiger partial charge in [-0.2, -0.15) is 0 Å². The molecule has 3 aromatic heterocycles. The molecule has 0 unspecified atom stereocenters. The fourth-order valence-electron chi connectivity index (χ4n) is 3.09. The molecule has 28 heavy (non-hydrogen) atoms. The molecule has 1 saturated carbocycles. The summed E-state index contributed by atoms with van der Waals surface area (Å²) in [5, 5.41) is 9.33. The molecule has 3 heterocycles. The third-order valence-electron chi connectivity index (χ3n) is 4.66. The van der Waals surface area contributed by atoms with Crippen molar-refractivity contribution in [3.05, 3.63) is 64.3 Å². The number of nitrogens with zero attached hydrogens (tertiary/aromatic N) is 3. The number of thioether (sulfide) groups is 1. The van der Waals surface area contributed by atoms with Gasteiger partial charge in [-0.25, -0.2) is 4.79 Å². The number of aromatic nitrogens is 4. The fraction of sp³-hybridized carbons (Fsp3) is 0.263. The number of ketones is 1. The molecule has 8 nitrogen and oxygen atoms in total. The topological polar surface area (TPSA) is 107 Å². The predicted octanol–water partition coefficient (Wildman–Crippen LogP) is 3.21. The summed E-state index contributed by atoms with van der Waals surface area (Å²) in [5.74, 6) is 1.81. The summed E-state index contributed by atoms with van der Waals surface area (Å²) in [6.07, 6.45) is 3.87. The number of hydrogen-bond donors (Lipinski definition) is 1. The van der Waals surface area contributed by atoms with Gasteiger partial charge in [0.2, 0.25) is 0 Å². The average molecular weight is 396 g/mol. The van der Waals surface area contributed by atoms with Crippen LogP contribution in [0, 0.1) is 0 Å². The highest BCUT2D eigenvalue weighted by molar-refractivity contribution is 7.99. The zero-order valence-electron chi connectivity index (χ0n) is 14.8. The summed E-state index contributed by atoms with van der Waals surface area (Å²) in [4.78, 5) is 26.5. The number of fused-ring (bicyclic) bond motifs is 1. The number of carbonyl (C=O) groups excluding carboxylic acids is 1. The van der Waals surface area contributed by atoms with Gasteiger partial charge in [-0.15, -0.1) is 10.2 Å². The van der Waals surface area contributed by atoms with Gasteiger partial charge < -0.3 is 8.83 Å². The molecular weight excluding hydrogens is 380 g/mol. The average Bonchev–Trinajstić information content (AvgIpc) is 3.09. The Hall–Kier alpha value is -3.07. The van der Waals surface area contributed by atoms with Gasteiger partial charge in [-0.3, -0.25) is 14.3 Å². The van der Waals surface area contributed by atoms with Crippen molar-refractivity contribution in [2.45, 2.75) is 30.5 Å². The summed E-state index contributed by atoms with van der Waals surface area (Å²) in [5.41, 5.74) is 1.43. The molecule has 0 atom stereocenters. The Morgan fingerprint density at radius 1 is 1.29 bits per heavy atom. The van der Waals surface area contributed by atoms with Crippen LogP contribution in [0.5, 0.6) is 0 Å². The Kier molecular flexibility index (Phi) is 4.16. The number of benzene rings is 1. The van der Waals surface area contributed by atoms with Crippen molar-refractivity contribution in [3.63, 3.8) is 0 Å². The van der Waals surface area contributed by atoms with E-state index in [0.717, 1.165) is 24.4 Å². The molecule has 142 valence electrons. The molecule has 0 spiro atoms. The Morgan fingerprint density at radius 2 is 2.18 bits per heavy atom. The standard InChI is InChI=1S/C19H16N4O4S/c24-15(12-5-6-14-16(8-12)27-19(25)20-14)10-28-18-22-21-17(11-3-4-11)23(18)9-13-2-1-7-26-13/h1-2,5-8,11H,3-4,9-10H2,(H,20,25). The van der Waals surface area contributed by atoms with Gasteiger partial charge in [-0.1, -0.05) is 11.8 Å². The van der Waals surface area contributed by atoms with Crippen LogP contribution in [0.1, 0.15) is 40.7 Å². The van der Waals surface area contributed by atoms with E-state index in [2.05, 4.69) is 15.2 Å². The van der Waals surface area contributed by atoms with Crippen molar-refractivity contribution in [2.75, 3.05) is 5.75 Å². The molecule has 1 aliphatic rings. The van der Waals surface area contributed by atoms with Crippen LogP contribution in [0.25, 0.3) is 11.1 Å². The number of furan rings is 1. The maximum atomic E-state index is 12.6. The predicted molar refractivity (Wildman–Crippen MR) is 102 cm³/mol. The highest BCUT2D eigenvalue weighted by Crippen LogP contribution is 2.40. The second-order valence-corrected chi connectivity index (χ2v) is 7.66. The van der Waals surface area contributed by atoms with E-state index in [1.807, 2.05) is 16.7 Å². The summed E-state index contributed by atoms with van der Waals surface area (Å²) < 4.78 is 12.5. The summed E-state index contributed by atoms with van der Waals surface area (Å²) >= 11 is 1.35. The molecular formula is C19H16N4O4S. The SMILES string of the molecule is O=C(CSc1nnc(C2CC2)n1Cc1ccco1)c1ccc2[nH]c(=O)oc2c1. The maximum Gasteiger partial charge on any atom is 0.417 e. The quantitative estimate of drug-likeness (QED) is 0.377. The van der Waals surface area contributed by atoms with Crippen LogP contribution in [0.15, 0.2) is 55.4 Å². The van der Waals surface area contributed by atoms with E-state index < -0.39 is 5.76 Å². The van der Waals surface area contributed by atoms with E-state index in [0.29, 0.717) is 34.3 Å². The van der Waals surface area contributed by atoms with Crippen LogP contribution in [-0.4, -0.2) is 31.3 Å².